The van der Waals surface area contributed by atoms with E-state index in [-0.39, 0.29) is 12.1 Å². The summed E-state index contributed by atoms with van der Waals surface area (Å²) in [6.45, 7) is 1.86. The Morgan fingerprint density at radius 3 is 2.88 bits per heavy atom. The van der Waals surface area contributed by atoms with Crippen LogP contribution in [0.5, 0.6) is 0 Å². The fourth-order valence-corrected chi connectivity index (χ4v) is 3.33. The first-order valence-electron chi connectivity index (χ1n) is 8.62. The number of nitrogen functional groups attached to an aromatic ring is 1. The van der Waals surface area contributed by atoms with Gasteiger partial charge in [0.1, 0.15) is 18.0 Å². The van der Waals surface area contributed by atoms with Gasteiger partial charge in [-0.05, 0) is 18.6 Å². The number of para-hydroxylation sites is 2. The highest BCUT2D eigenvalue weighted by atomic mass is 16.3. The van der Waals surface area contributed by atoms with Gasteiger partial charge in [-0.15, -0.1) is 0 Å². The minimum absolute atomic E-state index is 0.132. The number of benzene rings is 1. The van der Waals surface area contributed by atoms with Gasteiger partial charge >= 0.3 is 0 Å². The number of β-amino-alcohol motifs (C(OH)–C–C–N with tert-alkyl or cyclic N) is 1. The van der Waals surface area contributed by atoms with Crippen molar-refractivity contribution < 1.29 is 5.11 Å². The summed E-state index contributed by atoms with van der Waals surface area (Å²) in [5.41, 5.74) is 8.43. The lowest BCUT2D eigenvalue weighted by Gasteiger charge is -2.25. The topological polar surface area (TPSA) is 113 Å². The average molecular weight is 351 g/mol. The van der Waals surface area contributed by atoms with Gasteiger partial charge in [0, 0.05) is 31.7 Å². The third-order valence-electron chi connectivity index (χ3n) is 4.54. The van der Waals surface area contributed by atoms with Gasteiger partial charge in [-0.1, -0.05) is 12.1 Å². The number of hydrogen-bond donors (Lipinski definition) is 3. The Bertz CT molecular complexity index is 903. The predicted molar refractivity (Wildman–Crippen MR) is 99.4 cm³/mol. The van der Waals surface area contributed by atoms with Crippen molar-refractivity contribution in [3.63, 3.8) is 0 Å². The molecule has 26 heavy (non-hydrogen) atoms. The fourth-order valence-electron chi connectivity index (χ4n) is 3.33. The first-order valence-corrected chi connectivity index (χ1v) is 8.62. The Balaban J connectivity index is 1.41. The minimum Gasteiger partial charge on any atom is -0.391 e. The first kappa shape index (κ1) is 16.6. The maximum Gasteiger partial charge on any atom is 0.134 e. The molecule has 0 radical (unpaired) electrons. The highest BCUT2D eigenvalue weighted by molar-refractivity contribution is 5.73. The van der Waals surface area contributed by atoms with E-state index < -0.39 is 0 Å². The van der Waals surface area contributed by atoms with Crippen LogP contribution in [0.4, 0.5) is 11.6 Å². The monoisotopic (exact) mass is 351 g/mol. The lowest BCUT2D eigenvalue weighted by Crippen LogP contribution is -2.38. The first-order chi connectivity index (χ1) is 12.7. The zero-order valence-electron chi connectivity index (χ0n) is 14.3. The van der Waals surface area contributed by atoms with Gasteiger partial charge in [0.15, 0.2) is 0 Å². The second-order valence-electron chi connectivity index (χ2n) is 6.48. The highest BCUT2D eigenvalue weighted by Crippen LogP contribution is 2.24. The summed E-state index contributed by atoms with van der Waals surface area (Å²) in [5, 5.41) is 13.5. The number of hydrogen-bond acceptors (Lipinski definition) is 8. The van der Waals surface area contributed by atoms with Crippen LogP contribution in [0.1, 0.15) is 12.1 Å². The Labute approximate surface area is 151 Å². The van der Waals surface area contributed by atoms with E-state index in [1.165, 1.54) is 6.33 Å². The lowest BCUT2D eigenvalue weighted by atomic mass is 10.2. The van der Waals surface area contributed by atoms with Gasteiger partial charge in [0.25, 0.3) is 0 Å². The van der Waals surface area contributed by atoms with Crippen molar-refractivity contribution in [2.75, 3.05) is 23.7 Å². The molecule has 0 unspecified atom stereocenters. The summed E-state index contributed by atoms with van der Waals surface area (Å²) in [7, 11) is 0. The largest absolute Gasteiger partial charge is 0.391 e. The van der Waals surface area contributed by atoms with Gasteiger partial charge in [-0.25, -0.2) is 15.0 Å². The molecule has 3 heterocycles. The average Bonchev–Trinajstić information content (AvgIpc) is 3.02. The van der Waals surface area contributed by atoms with E-state index in [4.69, 9.17) is 5.73 Å². The van der Waals surface area contributed by atoms with E-state index in [9.17, 15) is 5.11 Å². The molecule has 1 fully saturated rings. The van der Waals surface area contributed by atoms with Crippen LogP contribution in [-0.4, -0.2) is 50.3 Å². The molecule has 0 bridgehead atoms. The van der Waals surface area contributed by atoms with Crippen molar-refractivity contribution in [1.29, 1.82) is 0 Å². The van der Waals surface area contributed by atoms with Gasteiger partial charge in [0.2, 0.25) is 0 Å². The summed E-state index contributed by atoms with van der Waals surface area (Å²) < 4.78 is 0. The number of aliphatic hydroxyl groups is 1. The van der Waals surface area contributed by atoms with E-state index in [0.29, 0.717) is 31.9 Å². The van der Waals surface area contributed by atoms with Crippen LogP contribution >= 0.6 is 0 Å². The second kappa shape index (κ2) is 7.19. The van der Waals surface area contributed by atoms with Crippen molar-refractivity contribution in [3.8, 4) is 0 Å². The number of nitrogens with zero attached hydrogens (tertiary/aromatic N) is 5. The summed E-state index contributed by atoms with van der Waals surface area (Å²) >= 11 is 0. The summed E-state index contributed by atoms with van der Waals surface area (Å²) in [6, 6.07) is 9.69. The molecule has 0 saturated carbocycles. The summed E-state index contributed by atoms with van der Waals surface area (Å²) in [6.07, 6.45) is 3.55. The van der Waals surface area contributed by atoms with E-state index >= 15 is 0 Å². The van der Waals surface area contributed by atoms with Crippen LogP contribution < -0.4 is 16.0 Å². The van der Waals surface area contributed by atoms with Crippen molar-refractivity contribution in [2.45, 2.75) is 25.1 Å². The number of rotatable bonds is 5. The molecular formula is C18H21N7O. The number of aliphatic hydroxyl groups excluding tert-OH is 1. The standard InChI is InChI=1S/C18H21N7O/c19-17-6-18(23-11-22-17)25-10-14(26)5-13(25)9-20-7-12-8-21-15-3-1-2-4-16(15)24-12/h1-4,6,8,11,13-14,20,26H,5,7,9-10H2,(H2,19,22,23)/t13-,14-/m1/s1. The molecule has 0 spiro atoms. The van der Waals surface area contributed by atoms with Crippen LogP contribution in [0.25, 0.3) is 11.0 Å². The smallest absolute Gasteiger partial charge is 0.134 e. The van der Waals surface area contributed by atoms with Gasteiger partial charge in [0.05, 0.1) is 29.0 Å². The third-order valence-corrected chi connectivity index (χ3v) is 4.54. The molecule has 1 aliphatic heterocycles. The lowest BCUT2D eigenvalue weighted by molar-refractivity contribution is 0.194. The minimum atomic E-state index is -0.376. The van der Waals surface area contributed by atoms with E-state index in [2.05, 4.69) is 30.2 Å². The number of aromatic nitrogens is 4. The molecular weight excluding hydrogens is 330 g/mol. The SMILES string of the molecule is Nc1cc(N2C[C@H](O)C[C@@H]2CNCc2cnc3ccccc3n2)ncn1. The quantitative estimate of drug-likeness (QED) is 0.617. The Morgan fingerprint density at radius 2 is 2.04 bits per heavy atom. The number of nitrogens with one attached hydrogen (secondary N) is 1. The van der Waals surface area contributed by atoms with Crippen molar-refractivity contribution >= 4 is 22.7 Å². The molecule has 0 amide bonds. The molecule has 8 heteroatoms. The molecule has 2 aromatic heterocycles. The number of anilines is 2. The van der Waals surface area contributed by atoms with Crippen LogP contribution in [0.2, 0.25) is 0 Å². The molecule has 2 atom stereocenters. The molecule has 3 aromatic rings. The van der Waals surface area contributed by atoms with Crippen molar-refractivity contribution in [3.05, 3.63) is 48.5 Å². The van der Waals surface area contributed by atoms with E-state index in [1.54, 1.807) is 12.3 Å². The number of fused-ring (bicyclic) bond motifs is 1. The molecule has 4 rings (SSSR count). The molecule has 1 saturated heterocycles. The van der Waals surface area contributed by atoms with Crippen LogP contribution in [-0.2, 0) is 6.54 Å². The second-order valence-corrected chi connectivity index (χ2v) is 6.48. The zero-order valence-corrected chi connectivity index (χ0v) is 14.3. The highest BCUT2D eigenvalue weighted by Gasteiger charge is 2.31. The molecule has 1 aliphatic rings. The van der Waals surface area contributed by atoms with Crippen LogP contribution in [0.3, 0.4) is 0 Å². The molecule has 134 valence electrons. The maximum absolute atomic E-state index is 10.1. The summed E-state index contributed by atoms with van der Waals surface area (Å²) in [5.74, 6) is 1.17. The normalized spacial score (nSPS) is 20.0. The maximum atomic E-state index is 10.1. The van der Waals surface area contributed by atoms with Crippen LogP contribution in [0.15, 0.2) is 42.9 Å². The van der Waals surface area contributed by atoms with Gasteiger partial charge in [-0.2, -0.15) is 0 Å². The summed E-state index contributed by atoms with van der Waals surface area (Å²) in [4.78, 5) is 19.3. The molecule has 1 aromatic carbocycles. The van der Waals surface area contributed by atoms with Gasteiger partial charge < -0.3 is 21.1 Å². The third kappa shape index (κ3) is 3.56. The Kier molecular flexibility index (Phi) is 4.59. The van der Waals surface area contributed by atoms with E-state index in [0.717, 1.165) is 22.5 Å². The van der Waals surface area contributed by atoms with Crippen molar-refractivity contribution in [2.24, 2.45) is 0 Å². The number of nitrogens with two attached hydrogens (primary N) is 1. The predicted octanol–water partition coefficient (Wildman–Crippen LogP) is 0.731. The Morgan fingerprint density at radius 1 is 1.19 bits per heavy atom. The fraction of sp³-hybridized carbons (Fsp3) is 0.333. The van der Waals surface area contributed by atoms with Gasteiger partial charge in [-0.3, -0.25) is 4.98 Å². The Hall–Kier alpha value is -2.84. The van der Waals surface area contributed by atoms with E-state index in [1.807, 2.05) is 24.3 Å². The zero-order chi connectivity index (χ0) is 17.9. The molecule has 0 aliphatic carbocycles. The van der Waals surface area contributed by atoms with Crippen LogP contribution in [0, 0.1) is 0 Å². The van der Waals surface area contributed by atoms with Crippen molar-refractivity contribution in [1.82, 2.24) is 25.3 Å². The molecule has 8 nitrogen and oxygen atoms in total. The molecule has 4 N–H and O–H groups in total.